The second-order valence-electron chi connectivity index (χ2n) is 8.34. The van der Waals surface area contributed by atoms with Crippen LogP contribution in [-0.4, -0.2) is 79.3 Å². The molecule has 2 atom stereocenters. The molecule has 1 aromatic heterocycles. The number of hydrogen-bond acceptors (Lipinski definition) is 8. The highest BCUT2D eigenvalue weighted by Crippen LogP contribution is 2.31. The molecule has 37 heavy (non-hydrogen) atoms. The maximum Gasteiger partial charge on any atom is 0.305 e. The van der Waals surface area contributed by atoms with Crippen molar-refractivity contribution in [3.63, 3.8) is 0 Å². The van der Waals surface area contributed by atoms with Crippen LogP contribution in [0.3, 0.4) is 0 Å². The number of aliphatic hydroxyl groups is 2. The Kier molecular flexibility index (Phi) is 12.7. The molecule has 13 heteroatoms. The van der Waals surface area contributed by atoms with Crippen molar-refractivity contribution in [2.75, 3.05) is 31.8 Å². The monoisotopic (exact) mass is 541 g/mol. The van der Waals surface area contributed by atoms with Gasteiger partial charge in [-0.15, -0.1) is 7.05 Å². The molecule has 3 N–H and O–H groups in total. The van der Waals surface area contributed by atoms with Gasteiger partial charge in [0.05, 0.1) is 36.3 Å². The molecule has 0 spiro atoms. The Morgan fingerprint density at radius 3 is 2.24 bits per heavy atom. The van der Waals surface area contributed by atoms with Gasteiger partial charge in [0.2, 0.25) is 16.0 Å². The predicted molar refractivity (Wildman–Crippen MR) is 139 cm³/mol. The van der Waals surface area contributed by atoms with Crippen LogP contribution in [0.5, 0.6) is 0 Å². The Bertz CT molecular complexity index is 1160. The molecular weight excluding hydrogens is 507 g/mol. The van der Waals surface area contributed by atoms with Crippen molar-refractivity contribution < 1.29 is 37.8 Å². The maximum atomic E-state index is 13.5. The average molecular weight is 542 g/mol. The van der Waals surface area contributed by atoms with Crippen LogP contribution in [-0.2, 0) is 19.7 Å². The lowest BCUT2D eigenvalue weighted by Crippen LogP contribution is -2.27. The van der Waals surface area contributed by atoms with E-state index in [9.17, 15) is 27.8 Å². The van der Waals surface area contributed by atoms with Crippen molar-refractivity contribution >= 4 is 28.0 Å². The summed E-state index contributed by atoms with van der Waals surface area (Å²) < 4.78 is 38.6. The van der Waals surface area contributed by atoms with E-state index in [-0.39, 0.29) is 18.3 Å². The lowest BCUT2D eigenvalue weighted by molar-refractivity contribution is -0.139. The summed E-state index contributed by atoms with van der Waals surface area (Å²) in [6.45, 7) is 3.71. The molecule has 2 aromatic rings. The average Bonchev–Trinajstić information content (AvgIpc) is 2.81. The molecule has 1 heterocycles. The molecule has 0 fully saturated rings. The third-order valence-electron chi connectivity index (χ3n) is 5.00. The normalized spacial score (nSPS) is 13.2. The van der Waals surface area contributed by atoms with Gasteiger partial charge in [-0.2, -0.15) is 0 Å². The first-order valence-electron chi connectivity index (χ1n) is 11.2. The van der Waals surface area contributed by atoms with Gasteiger partial charge in [-0.05, 0) is 30.2 Å². The van der Waals surface area contributed by atoms with Crippen molar-refractivity contribution in [2.24, 2.45) is 0 Å². The number of hydrogen-bond donors (Lipinski definition) is 3. The van der Waals surface area contributed by atoms with Crippen molar-refractivity contribution in [3.8, 4) is 11.3 Å². The Labute approximate surface area is 216 Å². The number of sulfonamides is 1. The van der Waals surface area contributed by atoms with Crippen molar-refractivity contribution in [1.82, 2.24) is 9.97 Å². The van der Waals surface area contributed by atoms with Gasteiger partial charge in [0.25, 0.3) is 0 Å². The summed E-state index contributed by atoms with van der Waals surface area (Å²) in [4.78, 5) is 23.7. The Morgan fingerprint density at radius 1 is 1.22 bits per heavy atom. The SMILES string of the molecule is CC(C)c1nc(N(C)S(C)(=O)=O)nc(-c2ccc(F)cc2)c1/C=C/[C@@H](O)C[C@@H](O)CC(=O)O.C[N-]OC. The highest BCUT2D eigenvalue weighted by molar-refractivity contribution is 7.92. The number of nitrogens with zero attached hydrogens (tertiary/aromatic N) is 4. The van der Waals surface area contributed by atoms with Gasteiger partial charge < -0.3 is 25.6 Å². The zero-order chi connectivity index (χ0) is 28.3. The van der Waals surface area contributed by atoms with Gasteiger partial charge >= 0.3 is 5.97 Å². The number of rotatable bonds is 11. The van der Waals surface area contributed by atoms with Gasteiger partial charge in [0.1, 0.15) is 5.82 Å². The number of halogens is 1. The molecular formula is C24H34FN4O7S-. The molecule has 1 aromatic carbocycles. The smallest absolute Gasteiger partial charge is 0.305 e. The number of anilines is 1. The van der Waals surface area contributed by atoms with Crippen molar-refractivity contribution in [1.29, 1.82) is 0 Å². The van der Waals surface area contributed by atoms with E-state index in [1.165, 1.54) is 50.6 Å². The summed E-state index contributed by atoms with van der Waals surface area (Å²) in [6.07, 6.45) is 0.860. The van der Waals surface area contributed by atoms with E-state index in [2.05, 4.69) is 20.3 Å². The summed E-state index contributed by atoms with van der Waals surface area (Å²) in [5.74, 6) is -1.87. The molecule has 206 valence electrons. The minimum atomic E-state index is -3.65. The molecule has 0 aliphatic rings. The molecule has 0 aliphatic heterocycles. The lowest BCUT2D eigenvalue weighted by atomic mass is 9.97. The quantitative estimate of drug-likeness (QED) is 0.363. The number of hydroxylamine groups is 1. The van der Waals surface area contributed by atoms with E-state index in [0.29, 0.717) is 22.5 Å². The highest BCUT2D eigenvalue weighted by Gasteiger charge is 2.22. The van der Waals surface area contributed by atoms with Crippen LogP contribution in [0.2, 0.25) is 0 Å². The zero-order valence-corrected chi connectivity index (χ0v) is 22.5. The summed E-state index contributed by atoms with van der Waals surface area (Å²) in [5, 5.41) is 28.8. The van der Waals surface area contributed by atoms with Crippen LogP contribution in [0, 0.1) is 5.82 Å². The van der Waals surface area contributed by atoms with E-state index >= 15 is 0 Å². The molecule has 2 rings (SSSR count). The Hall–Kier alpha value is -2.97. The van der Waals surface area contributed by atoms with Crippen LogP contribution in [0.4, 0.5) is 10.3 Å². The number of carbonyl (C=O) groups is 1. The number of carboxylic acid groups (broad SMARTS) is 1. The van der Waals surface area contributed by atoms with E-state index in [1.54, 1.807) is 7.05 Å². The molecule has 0 aliphatic carbocycles. The first-order valence-corrected chi connectivity index (χ1v) is 13.1. The van der Waals surface area contributed by atoms with Gasteiger partial charge in [0.15, 0.2) is 0 Å². The second-order valence-corrected chi connectivity index (χ2v) is 10.4. The lowest BCUT2D eigenvalue weighted by Gasteiger charge is -2.20. The van der Waals surface area contributed by atoms with E-state index in [0.717, 1.165) is 10.6 Å². The predicted octanol–water partition coefficient (Wildman–Crippen LogP) is 2.95. The Morgan fingerprint density at radius 2 is 1.78 bits per heavy atom. The number of aromatic nitrogens is 2. The molecule has 0 saturated heterocycles. The standard InChI is InChI=1S/C22H28FN3O6S.C2H6NO/c1-13(2)20-18(10-9-16(27)11-17(28)12-19(29)30)21(14-5-7-15(23)8-6-14)25-22(24-20)26(3)33(4,31)32;1-3-4-2/h5-10,13,16-17,27-28H,11-12H2,1-4H3,(H,29,30);1-2H3/q;-1/b10-9+;/t16-,17-;/m1./s1. The van der Waals surface area contributed by atoms with E-state index in [4.69, 9.17) is 5.11 Å². The van der Waals surface area contributed by atoms with Crippen molar-refractivity contribution in [3.05, 3.63) is 52.9 Å². The number of carboxylic acids is 1. The molecule has 0 unspecified atom stereocenters. The summed E-state index contributed by atoms with van der Waals surface area (Å²) in [6, 6.07) is 5.49. The van der Waals surface area contributed by atoms with Crippen LogP contribution in [0.15, 0.2) is 30.3 Å². The maximum absolute atomic E-state index is 13.5. The third kappa shape index (κ3) is 10.5. The van der Waals surface area contributed by atoms with Crippen LogP contribution in [0.1, 0.15) is 43.9 Å². The highest BCUT2D eigenvalue weighted by atomic mass is 32.2. The number of aliphatic hydroxyl groups excluding tert-OH is 2. The zero-order valence-electron chi connectivity index (χ0n) is 21.7. The van der Waals surface area contributed by atoms with Crippen LogP contribution >= 0.6 is 0 Å². The molecule has 0 bridgehead atoms. The second kappa shape index (κ2) is 14.7. The topological polar surface area (TPSA) is 164 Å². The van der Waals surface area contributed by atoms with E-state index < -0.39 is 40.4 Å². The Balaban J connectivity index is 0.00000159. The van der Waals surface area contributed by atoms with Crippen LogP contribution in [0.25, 0.3) is 22.8 Å². The van der Waals surface area contributed by atoms with Gasteiger partial charge in [-0.1, -0.05) is 26.0 Å². The van der Waals surface area contributed by atoms with Crippen molar-refractivity contribution in [2.45, 2.75) is 44.8 Å². The summed E-state index contributed by atoms with van der Waals surface area (Å²) in [5.41, 5.74) is 5.04. The number of benzene rings is 1. The van der Waals surface area contributed by atoms with E-state index in [1.807, 2.05) is 13.8 Å². The molecule has 0 amide bonds. The first kappa shape index (κ1) is 32.1. The minimum Gasteiger partial charge on any atom is -0.537 e. The molecule has 0 saturated carbocycles. The fraction of sp³-hybridized carbons (Fsp3) is 0.458. The van der Waals surface area contributed by atoms with Gasteiger partial charge in [-0.25, -0.2) is 27.1 Å². The van der Waals surface area contributed by atoms with Gasteiger partial charge in [0, 0.05) is 31.7 Å². The molecule has 11 nitrogen and oxygen atoms in total. The molecule has 0 radical (unpaired) electrons. The fourth-order valence-corrected chi connectivity index (χ4v) is 3.42. The third-order valence-corrected chi connectivity index (χ3v) is 6.16. The number of aliphatic carboxylic acids is 1. The summed E-state index contributed by atoms with van der Waals surface area (Å²) in [7, 11) is 0.771. The fourth-order valence-electron chi connectivity index (χ4n) is 3.05. The largest absolute Gasteiger partial charge is 0.537 e. The first-order chi connectivity index (χ1) is 17.2. The van der Waals surface area contributed by atoms with Gasteiger partial charge in [-0.3, -0.25) is 4.79 Å². The van der Waals surface area contributed by atoms with Crippen LogP contribution < -0.4 is 4.31 Å². The summed E-state index contributed by atoms with van der Waals surface area (Å²) >= 11 is 0. The minimum absolute atomic E-state index is 0.0601.